The zero-order valence-electron chi connectivity index (χ0n) is 14.8. The van der Waals surface area contributed by atoms with Crippen LogP contribution < -0.4 is 11.3 Å². The van der Waals surface area contributed by atoms with Crippen LogP contribution in [0.15, 0.2) is 11.1 Å². The van der Waals surface area contributed by atoms with Gasteiger partial charge >= 0.3 is 23.2 Å². The number of H-pyrrole nitrogens is 1. The molecule has 2 aromatic heterocycles. The van der Waals surface area contributed by atoms with Crippen LogP contribution in [0.1, 0.15) is 0 Å². The third kappa shape index (κ3) is 7.34. The van der Waals surface area contributed by atoms with Crippen molar-refractivity contribution in [3.8, 4) is 0 Å². The van der Waals surface area contributed by atoms with Crippen LogP contribution in [-0.4, -0.2) is 63.8 Å². The molecule has 17 nitrogen and oxygen atoms in total. The number of hydrogen-bond donors (Lipinski definition) is 7. The molecule has 0 saturated heterocycles. The molecular formula is C10H18N5O12P3. The van der Waals surface area contributed by atoms with Gasteiger partial charge in [-0.15, -0.1) is 0 Å². The monoisotopic (exact) mass is 493 g/mol. The van der Waals surface area contributed by atoms with Crippen molar-refractivity contribution in [2.75, 3.05) is 25.3 Å². The summed E-state index contributed by atoms with van der Waals surface area (Å²) in [6.45, 7) is -0.841. The minimum atomic E-state index is -5.56. The number of phosphoric acid groups is 2. The van der Waals surface area contributed by atoms with E-state index in [2.05, 4.69) is 23.6 Å². The molecule has 0 bridgehead atoms. The summed E-state index contributed by atoms with van der Waals surface area (Å²) in [5.41, 5.74) is 5.03. The van der Waals surface area contributed by atoms with Crippen molar-refractivity contribution < 1.29 is 51.7 Å². The van der Waals surface area contributed by atoms with E-state index < -0.39 is 47.7 Å². The predicted molar refractivity (Wildman–Crippen MR) is 97.8 cm³/mol. The van der Waals surface area contributed by atoms with Gasteiger partial charge in [0.1, 0.15) is 6.35 Å². The molecule has 2 aromatic rings. The number of rotatable bonds is 11. The molecule has 30 heavy (non-hydrogen) atoms. The van der Waals surface area contributed by atoms with Crippen molar-refractivity contribution >= 4 is 40.4 Å². The number of ether oxygens (including phenoxy) is 1. The number of nitrogens with two attached hydrogens (primary N) is 1. The molecule has 2 rings (SSSR count). The smallest absolute Gasteiger partial charge is 0.396 e. The minimum Gasteiger partial charge on any atom is -0.396 e. The molecule has 0 radical (unpaired) electrons. The van der Waals surface area contributed by atoms with Gasteiger partial charge in [0.2, 0.25) is 5.95 Å². The highest BCUT2D eigenvalue weighted by Gasteiger charge is 2.39. The molecule has 3 atom stereocenters. The second-order valence-corrected chi connectivity index (χ2v) is 10.6. The first-order chi connectivity index (χ1) is 13.7. The van der Waals surface area contributed by atoms with Gasteiger partial charge in [0.15, 0.2) is 11.2 Å². The van der Waals surface area contributed by atoms with Crippen molar-refractivity contribution in [2.24, 2.45) is 5.92 Å². The molecule has 0 aliphatic rings. The van der Waals surface area contributed by atoms with Crippen LogP contribution in [0, 0.1) is 5.92 Å². The summed E-state index contributed by atoms with van der Waals surface area (Å²) in [6, 6.07) is 0. The van der Waals surface area contributed by atoms with Crippen molar-refractivity contribution in [3.05, 3.63) is 16.7 Å². The number of imidazole rings is 1. The van der Waals surface area contributed by atoms with E-state index in [0.29, 0.717) is 0 Å². The standard InChI is InChI=1S/C10H18N5O12P3/c11-10-13-8-7(9(17)14-10)12-4-15(8)1-6(2-16)3-25-5-28(18,19)26-30(23,24)27-29(20,21)22/h4,6,16H,1-3,5H2,(H,18,19)(H,23,24)(H2,20,21,22)(H3,11,13,14,17). The van der Waals surface area contributed by atoms with Crippen LogP contribution in [0.3, 0.4) is 0 Å². The first kappa shape index (κ1) is 24.8. The molecule has 20 heteroatoms. The van der Waals surface area contributed by atoms with E-state index in [1.807, 2.05) is 0 Å². The molecular weight excluding hydrogens is 475 g/mol. The molecule has 0 fully saturated rings. The number of aromatic amines is 1. The maximum Gasteiger partial charge on any atom is 0.488 e. The van der Waals surface area contributed by atoms with Crippen LogP contribution in [0.4, 0.5) is 5.95 Å². The van der Waals surface area contributed by atoms with Gasteiger partial charge in [-0.1, -0.05) is 0 Å². The normalized spacial score (nSPS) is 17.5. The maximum atomic E-state index is 11.8. The molecule has 0 aliphatic carbocycles. The van der Waals surface area contributed by atoms with Crippen molar-refractivity contribution in [3.63, 3.8) is 0 Å². The first-order valence-electron chi connectivity index (χ1n) is 7.73. The number of anilines is 1. The zero-order valence-corrected chi connectivity index (χ0v) is 17.5. The second-order valence-electron chi connectivity index (χ2n) is 5.83. The van der Waals surface area contributed by atoms with Crippen LogP contribution in [0.2, 0.25) is 0 Å². The highest BCUT2D eigenvalue weighted by molar-refractivity contribution is 7.68. The third-order valence-electron chi connectivity index (χ3n) is 3.25. The number of nitrogens with zero attached hydrogens (tertiary/aromatic N) is 3. The fraction of sp³-hybridized carbons (Fsp3) is 0.500. The van der Waals surface area contributed by atoms with Gasteiger partial charge in [0.05, 0.1) is 12.9 Å². The number of hydrogen-bond acceptors (Lipinski definition) is 11. The molecule has 0 amide bonds. The molecule has 0 aliphatic heterocycles. The van der Waals surface area contributed by atoms with Gasteiger partial charge in [-0.25, -0.2) is 18.4 Å². The fourth-order valence-corrected chi connectivity index (χ4v) is 5.49. The Kier molecular flexibility index (Phi) is 7.72. The van der Waals surface area contributed by atoms with E-state index in [9.17, 15) is 28.5 Å². The van der Waals surface area contributed by atoms with E-state index in [-0.39, 0.29) is 30.3 Å². The van der Waals surface area contributed by atoms with E-state index in [0.717, 1.165) is 0 Å². The number of aliphatic hydroxyl groups excluding tert-OH is 1. The largest absolute Gasteiger partial charge is 0.488 e. The second kappa shape index (κ2) is 9.34. The molecule has 0 aromatic carbocycles. The number of nitrogens with one attached hydrogen (secondary N) is 1. The van der Waals surface area contributed by atoms with Gasteiger partial charge in [-0.2, -0.15) is 9.29 Å². The first-order valence-corrected chi connectivity index (χ1v) is 12.5. The van der Waals surface area contributed by atoms with Crippen molar-refractivity contribution in [1.29, 1.82) is 0 Å². The Labute approximate surface area is 166 Å². The Balaban J connectivity index is 1.98. The van der Waals surface area contributed by atoms with Crippen LogP contribution in [-0.2, 0) is 33.6 Å². The van der Waals surface area contributed by atoms with Gasteiger partial charge in [0, 0.05) is 19.1 Å². The van der Waals surface area contributed by atoms with E-state index in [4.69, 9.17) is 25.2 Å². The Morgan fingerprint density at radius 2 is 1.87 bits per heavy atom. The number of fused-ring (bicyclic) bond motifs is 1. The summed E-state index contributed by atoms with van der Waals surface area (Å²) >= 11 is 0. The van der Waals surface area contributed by atoms with Gasteiger partial charge < -0.3 is 39.7 Å². The quantitative estimate of drug-likeness (QED) is 0.179. The van der Waals surface area contributed by atoms with E-state index >= 15 is 0 Å². The van der Waals surface area contributed by atoms with Crippen molar-refractivity contribution in [2.45, 2.75) is 6.54 Å². The third-order valence-corrected chi connectivity index (χ3v) is 7.29. The zero-order chi connectivity index (χ0) is 22.7. The summed E-state index contributed by atoms with van der Waals surface area (Å²) in [7, 11) is -16.0. The van der Waals surface area contributed by atoms with Gasteiger partial charge in [-0.3, -0.25) is 14.3 Å². The number of aliphatic hydroxyl groups is 1. The van der Waals surface area contributed by atoms with Crippen LogP contribution >= 0.6 is 23.2 Å². The SMILES string of the molecule is Nc1nc2c(ncn2CC(CO)COCP(=O)(O)OP(=O)(O)OP(=O)(O)O)c(=O)[nH]1. The maximum absolute atomic E-state index is 11.8. The van der Waals surface area contributed by atoms with Crippen molar-refractivity contribution in [1.82, 2.24) is 19.5 Å². The van der Waals surface area contributed by atoms with Gasteiger partial charge in [-0.05, 0) is 0 Å². The molecule has 2 heterocycles. The highest BCUT2D eigenvalue weighted by Crippen LogP contribution is 2.65. The summed E-state index contributed by atoms with van der Waals surface area (Å²) in [4.78, 5) is 57.3. The summed E-state index contributed by atoms with van der Waals surface area (Å²) < 4.78 is 47.2. The number of nitrogen functional groups attached to an aromatic ring is 1. The minimum absolute atomic E-state index is 0.000703. The van der Waals surface area contributed by atoms with Crippen LogP contribution in [0.5, 0.6) is 0 Å². The van der Waals surface area contributed by atoms with E-state index in [1.54, 1.807) is 0 Å². The summed E-state index contributed by atoms with van der Waals surface area (Å²) in [5, 5.41) is 9.47. The molecule has 0 saturated carbocycles. The average Bonchev–Trinajstić information content (AvgIpc) is 2.93. The lowest BCUT2D eigenvalue weighted by atomic mass is 10.2. The predicted octanol–water partition coefficient (Wildman–Crippen LogP) is -1.30. The molecule has 0 spiro atoms. The lowest BCUT2D eigenvalue weighted by Crippen LogP contribution is -2.21. The Morgan fingerprint density at radius 3 is 2.47 bits per heavy atom. The molecule has 8 N–H and O–H groups in total. The fourth-order valence-electron chi connectivity index (χ4n) is 2.21. The Morgan fingerprint density at radius 1 is 1.20 bits per heavy atom. The Hall–Kier alpha value is -1.48. The highest BCUT2D eigenvalue weighted by atomic mass is 31.3. The average molecular weight is 493 g/mol. The molecule has 170 valence electrons. The lowest BCUT2D eigenvalue weighted by molar-refractivity contribution is 0.0814. The summed E-state index contributed by atoms with van der Waals surface area (Å²) in [5.74, 6) is -0.868. The molecule has 3 unspecified atom stereocenters. The van der Waals surface area contributed by atoms with Gasteiger partial charge in [0.25, 0.3) is 5.56 Å². The summed E-state index contributed by atoms with van der Waals surface area (Å²) in [6.07, 6.45) is 0.102. The van der Waals surface area contributed by atoms with E-state index in [1.165, 1.54) is 10.9 Å². The number of aromatic nitrogens is 4. The Bertz CT molecular complexity index is 1090. The topological polar surface area (TPSA) is 270 Å². The van der Waals surface area contributed by atoms with Crippen LogP contribution in [0.25, 0.3) is 11.2 Å². The lowest BCUT2D eigenvalue weighted by Gasteiger charge is -2.18.